The molecule has 0 spiro atoms. The monoisotopic (exact) mass is 160 g/mol. The molecule has 0 bridgehead atoms. The van der Waals surface area contributed by atoms with Crippen LogP contribution in [0.3, 0.4) is 0 Å². The van der Waals surface area contributed by atoms with E-state index in [-0.39, 0.29) is 12.5 Å². The highest BCUT2D eigenvalue weighted by Crippen LogP contribution is 2.01. The second-order valence-electron chi connectivity index (χ2n) is 2.08. The van der Waals surface area contributed by atoms with E-state index in [0.717, 1.165) is 0 Å². The van der Waals surface area contributed by atoms with E-state index in [1.807, 2.05) is 0 Å². The van der Waals surface area contributed by atoms with E-state index in [0.29, 0.717) is 5.11 Å². The first-order chi connectivity index (χ1) is 4.66. The highest BCUT2D eigenvalue weighted by atomic mass is 32.1. The molecule has 1 atom stereocenters. The van der Waals surface area contributed by atoms with Gasteiger partial charge in [0.1, 0.15) is 6.04 Å². The Balaban J connectivity index is 2.71. The lowest BCUT2D eigenvalue weighted by atomic mass is 10.3. The molecule has 1 amide bonds. The number of nitrogens with one attached hydrogen (secondary N) is 1. The number of aliphatic hydroxyl groups is 1. The Kier molecular flexibility index (Phi) is 1.87. The van der Waals surface area contributed by atoms with Crippen molar-refractivity contribution in [2.24, 2.45) is 0 Å². The molecule has 5 heteroatoms. The first-order valence-corrected chi connectivity index (χ1v) is 3.26. The lowest BCUT2D eigenvalue weighted by Gasteiger charge is -2.03. The predicted molar refractivity (Wildman–Crippen MR) is 39.4 cm³/mol. The summed E-state index contributed by atoms with van der Waals surface area (Å²) in [5.41, 5.74) is 0. The maximum atomic E-state index is 11.0. The summed E-state index contributed by atoms with van der Waals surface area (Å²) in [7, 11) is 1.58. The second-order valence-corrected chi connectivity index (χ2v) is 2.47. The van der Waals surface area contributed by atoms with Gasteiger partial charge in [0, 0.05) is 7.05 Å². The van der Waals surface area contributed by atoms with Gasteiger partial charge in [-0.3, -0.25) is 9.69 Å². The summed E-state index contributed by atoms with van der Waals surface area (Å²) in [5.74, 6) is -0.174. The molecule has 1 aliphatic heterocycles. The molecule has 1 aliphatic rings. The van der Waals surface area contributed by atoms with Crippen molar-refractivity contribution in [1.82, 2.24) is 10.2 Å². The Morgan fingerprint density at radius 3 is 2.70 bits per heavy atom. The van der Waals surface area contributed by atoms with Crippen LogP contribution in [-0.2, 0) is 4.79 Å². The van der Waals surface area contributed by atoms with Crippen LogP contribution in [0.4, 0.5) is 0 Å². The molecule has 0 aromatic rings. The van der Waals surface area contributed by atoms with E-state index < -0.39 is 6.04 Å². The lowest BCUT2D eigenvalue weighted by Crippen LogP contribution is -2.32. The van der Waals surface area contributed by atoms with Crippen LogP contribution in [0.25, 0.3) is 0 Å². The number of aliphatic hydroxyl groups excluding tert-OH is 1. The lowest BCUT2D eigenvalue weighted by molar-refractivity contribution is -0.126. The van der Waals surface area contributed by atoms with Crippen molar-refractivity contribution in [2.75, 3.05) is 13.7 Å². The summed E-state index contributed by atoms with van der Waals surface area (Å²) >= 11 is 4.74. The van der Waals surface area contributed by atoms with Gasteiger partial charge in [0.25, 0.3) is 5.91 Å². The molecule has 2 N–H and O–H groups in total. The fourth-order valence-electron chi connectivity index (χ4n) is 0.765. The van der Waals surface area contributed by atoms with Gasteiger partial charge in [-0.1, -0.05) is 0 Å². The van der Waals surface area contributed by atoms with Crippen LogP contribution in [0.5, 0.6) is 0 Å². The third kappa shape index (κ3) is 0.975. The molecule has 1 fully saturated rings. The van der Waals surface area contributed by atoms with Crippen LogP contribution in [0, 0.1) is 0 Å². The Labute approximate surface area is 63.8 Å². The smallest absolute Gasteiger partial charge is 0.253 e. The molecule has 1 heterocycles. The van der Waals surface area contributed by atoms with Crippen LogP contribution in [0.15, 0.2) is 0 Å². The van der Waals surface area contributed by atoms with E-state index in [1.54, 1.807) is 7.05 Å². The van der Waals surface area contributed by atoms with E-state index in [9.17, 15) is 4.79 Å². The topological polar surface area (TPSA) is 52.6 Å². The summed E-state index contributed by atoms with van der Waals surface area (Å²) in [6.07, 6.45) is 0. The Bertz CT molecular complexity index is 182. The summed E-state index contributed by atoms with van der Waals surface area (Å²) in [6, 6.07) is -0.530. The van der Waals surface area contributed by atoms with Crippen LogP contribution in [0.1, 0.15) is 0 Å². The molecule has 10 heavy (non-hydrogen) atoms. The number of carbonyl (C=O) groups excluding carboxylic acids is 1. The molecule has 1 saturated heterocycles. The minimum atomic E-state index is -0.530. The standard InChI is InChI=1S/C5H8N2O2S/c1-7-4(9)3(2-8)6-5(7)10/h3,8H,2H2,1H3,(H,6,10)/t3-/m1/s1. The first kappa shape index (κ1) is 7.43. The maximum absolute atomic E-state index is 11.0. The zero-order valence-corrected chi connectivity index (χ0v) is 6.31. The first-order valence-electron chi connectivity index (χ1n) is 2.85. The molecule has 0 aromatic heterocycles. The predicted octanol–water partition coefficient (Wildman–Crippen LogP) is -1.31. The molecule has 4 nitrogen and oxygen atoms in total. The zero-order chi connectivity index (χ0) is 7.72. The summed E-state index contributed by atoms with van der Waals surface area (Å²) in [5, 5.41) is 11.6. The third-order valence-corrected chi connectivity index (χ3v) is 1.81. The molecule has 0 unspecified atom stereocenters. The SMILES string of the molecule is CN1C(=O)[C@@H](CO)NC1=S. The van der Waals surface area contributed by atoms with Gasteiger partial charge in [-0.15, -0.1) is 0 Å². The second kappa shape index (κ2) is 2.51. The van der Waals surface area contributed by atoms with Crippen molar-refractivity contribution >= 4 is 23.2 Å². The Morgan fingerprint density at radius 1 is 1.90 bits per heavy atom. The fraction of sp³-hybridized carbons (Fsp3) is 0.600. The van der Waals surface area contributed by atoms with E-state index >= 15 is 0 Å². The van der Waals surface area contributed by atoms with Gasteiger partial charge < -0.3 is 10.4 Å². The number of hydrogen-bond acceptors (Lipinski definition) is 3. The highest BCUT2D eigenvalue weighted by molar-refractivity contribution is 7.80. The molecule has 0 radical (unpaired) electrons. The van der Waals surface area contributed by atoms with Gasteiger partial charge in [0.2, 0.25) is 0 Å². The van der Waals surface area contributed by atoms with Crippen molar-refractivity contribution in [3.8, 4) is 0 Å². The number of nitrogens with zero attached hydrogens (tertiary/aromatic N) is 1. The Hall–Kier alpha value is -0.680. The van der Waals surface area contributed by atoms with Gasteiger partial charge in [-0.25, -0.2) is 0 Å². The van der Waals surface area contributed by atoms with Crippen molar-refractivity contribution < 1.29 is 9.90 Å². The molecular weight excluding hydrogens is 152 g/mol. The number of likely N-dealkylation sites (N-methyl/N-ethyl adjacent to an activating group) is 1. The molecular formula is C5H8N2O2S. The quantitative estimate of drug-likeness (QED) is 0.468. The number of thiocarbonyl (C=S) groups is 1. The third-order valence-electron chi connectivity index (χ3n) is 1.41. The summed E-state index contributed by atoms with van der Waals surface area (Å²) in [6.45, 7) is -0.205. The van der Waals surface area contributed by atoms with Gasteiger partial charge >= 0.3 is 0 Å². The molecule has 56 valence electrons. The minimum Gasteiger partial charge on any atom is -0.394 e. The van der Waals surface area contributed by atoms with Crippen LogP contribution in [0.2, 0.25) is 0 Å². The number of amides is 1. The maximum Gasteiger partial charge on any atom is 0.253 e. The van der Waals surface area contributed by atoms with Gasteiger partial charge in [0.05, 0.1) is 6.61 Å². The largest absolute Gasteiger partial charge is 0.394 e. The van der Waals surface area contributed by atoms with E-state index in [1.165, 1.54) is 4.90 Å². The van der Waals surface area contributed by atoms with Gasteiger partial charge in [-0.05, 0) is 12.2 Å². The van der Waals surface area contributed by atoms with Crippen LogP contribution < -0.4 is 5.32 Å². The summed E-state index contributed by atoms with van der Waals surface area (Å²) in [4.78, 5) is 12.3. The number of carbonyl (C=O) groups is 1. The minimum absolute atomic E-state index is 0.174. The number of rotatable bonds is 1. The van der Waals surface area contributed by atoms with Gasteiger partial charge in [-0.2, -0.15) is 0 Å². The van der Waals surface area contributed by atoms with E-state index in [2.05, 4.69) is 5.32 Å². The average Bonchev–Trinajstić information content (AvgIpc) is 2.17. The van der Waals surface area contributed by atoms with Crippen molar-refractivity contribution in [3.05, 3.63) is 0 Å². The van der Waals surface area contributed by atoms with Crippen molar-refractivity contribution in [1.29, 1.82) is 0 Å². The van der Waals surface area contributed by atoms with Crippen LogP contribution >= 0.6 is 12.2 Å². The molecule has 0 saturated carbocycles. The fourth-order valence-corrected chi connectivity index (χ4v) is 0.997. The zero-order valence-electron chi connectivity index (χ0n) is 5.50. The van der Waals surface area contributed by atoms with E-state index in [4.69, 9.17) is 17.3 Å². The van der Waals surface area contributed by atoms with Crippen LogP contribution in [-0.4, -0.2) is 40.7 Å². The highest BCUT2D eigenvalue weighted by Gasteiger charge is 2.31. The van der Waals surface area contributed by atoms with Gasteiger partial charge in [0.15, 0.2) is 5.11 Å². The normalized spacial score (nSPS) is 25.4. The van der Waals surface area contributed by atoms with Crippen molar-refractivity contribution in [3.63, 3.8) is 0 Å². The number of hydrogen-bond donors (Lipinski definition) is 2. The Morgan fingerprint density at radius 2 is 2.50 bits per heavy atom. The molecule has 1 rings (SSSR count). The summed E-state index contributed by atoms with van der Waals surface area (Å²) < 4.78 is 0. The molecule has 0 aromatic carbocycles. The molecule has 0 aliphatic carbocycles. The average molecular weight is 160 g/mol. The van der Waals surface area contributed by atoms with Crippen molar-refractivity contribution in [2.45, 2.75) is 6.04 Å².